The summed E-state index contributed by atoms with van der Waals surface area (Å²) >= 11 is 0. The van der Waals surface area contributed by atoms with Crippen LogP contribution in [-0.2, 0) is 0 Å². The molecule has 0 aromatic heterocycles. The molecule has 0 unspecified atom stereocenters. The second-order valence-corrected chi connectivity index (χ2v) is 2.80. The van der Waals surface area contributed by atoms with Crippen LogP contribution in [0.15, 0.2) is 17.6 Å². The van der Waals surface area contributed by atoms with Gasteiger partial charge in [0, 0.05) is 12.3 Å². The molecule has 64 valence electrons. The van der Waals surface area contributed by atoms with Crippen LogP contribution >= 0.6 is 0 Å². The quantitative estimate of drug-likeness (QED) is 0.315. The second-order valence-electron chi connectivity index (χ2n) is 2.80. The molecular weight excluding hydrogens is 134 g/mol. The molecular formula is C10H19N. The number of aliphatic imine (C=N–C) groups is 1. The minimum atomic E-state index is 0.999. The predicted molar refractivity (Wildman–Crippen MR) is 52.3 cm³/mol. The van der Waals surface area contributed by atoms with Gasteiger partial charge in [0.25, 0.3) is 0 Å². The van der Waals surface area contributed by atoms with Gasteiger partial charge in [-0.1, -0.05) is 19.4 Å². The molecule has 0 heterocycles. The van der Waals surface area contributed by atoms with Crippen LogP contribution in [0.25, 0.3) is 0 Å². The zero-order valence-electron chi connectivity index (χ0n) is 7.77. The second kappa shape index (κ2) is 7.52. The Labute approximate surface area is 70.2 Å². The molecule has 0 radical (unpaired) electrons. The first-order chi connectivity index (χ1) is 5.31. The fraction of sp³-hybridized carbons (Fsp3) is 0.700. The van der Waals surface area contributed by atoms with Crippen LogP contribution in [0.4, 0.5) is 0 Å². The Morgan fingerprint density at radius 2 is 2.27 bits per heavy atom. The lowest BCUT2D eigenvalue weighted by molar-refractivity contribution is 0.804. The van der Waals surface area contributed by atoms with Crippen molar-refractivity contribution in [3.8, 4) is 0 Å². The van der Waals surface area contributed by atoms with E-state index in [1.807, 2.05) is 6.08 Å². The molecule has 0 aromatic rings. The maximum atomic E-state index is 4.42. The van der Waals surface area contributed by atoms with Crippen molar-refractivity contribution >= 4 is 5.71 Å². The summed E-state index contributed by atoms with van der Waals surface area (Å²) in [5.74, 6) is 0. The average molecular weight is 153 g/mol. The van der Waals surface area contributed by atoms with Gasteiger partial charge in [-0.15, -0.1) is 6.58 Å². The summed E-state index contributed by atoms with van der Waals surface area (Å²) in [6.45, 7) is 8.96. The van der Waals surface area contributed by atoms with Gasteiger partial charge in [0.1, 0.15) is 0 Å². The van der Waals surface area contributed by atoms with E-state index in [9.17, 15) is 0 Å². The molecule has 0 aromatic carbocycles. The van der Waals surface area contributed by atoms with Crippen molar-refractivity contribution < 1.29 is 0 Å². The molecule has 0 aliphatic heterocycles. The molecule has 1 nitrogen and oxygen atoms in total. The Kier molecular flexibility index (Phi) is 7.11. The van der Waals surface area contributed by atoms with E-state index < -0.39 is 0 Å². The van der Waals surface area contributed by atoms with Crippen molar-refractivity contribution in [2.45, 2.75) is 39.5 Å². The summed E-state index contributed by atoms with van der Waals surface area (Å²) in [6.07, 6.45) is 6.52. The molecule has 0 fully saturated rings. The highest BCUT2D eigenvalue weighted by molar-refractivity contribution is 5.81. The Balaban J connectivity index is 3.37. The standard InChI is InChI=1S/C10H19N/c1-4-6-8-10(3)11-9-7-5-2/h4H,1,5-9H2,2-3H3. The van der Waals surface area contributed by atoms with Crippen LogP contribution in [0, 0.1) is 0 Å². The first kappa shape index (κ1) is 10.4. The van der Waals surface area contributed by atoms with Crippen molar-refractivity contribution in [2.24, 2.45) is 4.99 Å². The molecule has 0 saturated heterocycles. The first-order valence-corrected chi connectivity index (χ1v) is 4.42. The van der Waals surface area contributed by atoms with Crippen LogP contribution in [0.5, 0.6) is 0 Å². The topological polar surface area (TPSA) is 12.4 Å². The SMILES string of the molecule is C=CCCC(C)=NCCCC. The summed E-state index contributed by atoms with van der Waals surface area (Å²) in [5, 5.41) is 0. The molecule has 0 spiro atoms. The molecule has 0 N–H and O–H groups in total. The molecule has 11 heavy (non-hydrogen) atoms. The largest absolute Gasteiger partial charge is 0.294 e. The number of hydrogen-bond donors (Lipinski definition) is 0. The van der Waals surface area contributed by atoms with E-state index in [1.54, 1.807) is 0 Å². The summed E-state index contributed by atoms with van der Waals surface area (Å²) < 4.78 is 0. The van der Waals surface area contributed by atoms with E-state index in [0.29, 0.717) is 0 Å². The minimum Gasteiger partial charge on any atom is -0.294 e. The predicted octanol–water partition coefficient (Wildman–Crippen LogP) is 3.21. The van der Waals surface area contributed by atoms with Crippen molar-refractivity contribution in [3.63, 3.8) is 0 Å². The fourth-order valence-electron chi connectivity index (χ4n) is 0.818. The van der Waals surface area contributed by atoms with Crippen molar-refractivity contribution in [1.29, 1.82) is 0 Å². The van der Waals surface area contributed by atoms with Gasteiger partial charge in [-0.05, 0) is 26.2 Å². The van der Waals surface area contributed by atoms with Gasteiger partial charge in [0.2, 0.25) is 0 Å². The number of unbranched alkanes of at least 4 members (excludes halogenated alkanes) is 1. The normalized spacial score (nSPS) is 11.6. The maximum Gasteiger partial charge on any atom is 0.0388 e. The average Bonchev–Trinajstić information content (AvgIpc) is 2.01. The van der Waals surface area contributed by atoms with Gasteiger partial charge < -0.3 is 0 Å². The zero-order valence-corrected chi connectivity index (χ0v) is 7.77. The van der Waals surface area contributed by atoms with E-state index in [4.69, 9.17) is 0 Å². The molecule has 0 rings (SSSR count). The van der Waals surface area contributed by atoms with Crippen LogP contribution in [0.3, 0.4) is 0 Å². The Bertz CT molecular complexity index is 125. The van der Waals surface area contributed by atoms with E-state index >= 15 is 0 Å². The van der Waals surface area contributed by atoms with E-state index in [1.165, 1.54) is 18.6 Å². The van der Waals surface area contributed by atoms with Gasteiger partial charge >= 0.3 is 0 Å². The Morgan fingerprint density at radius 3 is 2.82 bits per heavy atom. The van der Waals surface area contributed by atoms with Crippen LogP contribution in [0.1, 0.15) is 39.5 Å². The van der Waals surface area contributed by atoms with Crippen molar-refractivity contribution in [3.05, 3.63) is 12.7 Å². The molecule has 0 aliphatic carbocycles. The monoisotopic (exact) mass is 153 g/mol. The molecule has 0 aliphatic rings. The van der Waals surface area contributed by atoms with E-state index in [0.717, 1.165) is 19.4 Å². The highest BCUT2D eigenvalue weighted by atomic mass is 14.7. The minimum absolute atomic E-state index is 0.999. The molecule has 1 heteroatoms. The highest BCUT2D eigenvalue weighted by Gasteiger charge is 1.87. The molecule has 0 bridgehead atoms. The zero-order chi connectivity index (χ0) is 8.53. The third-order valence-electron chi connectivity index (χ3n) is 1.60. The summed E-state index contributed by atoms with van der Waals surface area (Å²) in [4.78, 5) is 4.42. The van der Waals surface area contributed by atoms with Crippen molar-refractivity contribution in [1.82, 2.24) is 0 Å². The van der Waals surface area contributed by atoms with Gasteiger partial charge in [-0.3, -0.25) is 4.99 Å². The Hall–Kier alpha value is -0.590. The van der Waals surface area contributed by atoms with Gasteiger partial charge in [0.05, 0.1) is 0 Å². The third-order valence-corrected chi connectivity index (χ3v) is 1.60. The Morgan fingerprint density at radius 1 is 1.55 bits per heavy atom. The highest BCUT2D eigenvalue weighted by Crippen LogP contribution is 1.95. The lowest BCUT2D eigenvalue weighted by Gasteiger charge is -1.96. The molecule has 0 amide bonds. The lowest BCUT2D eigenvalue weighted by atomic mass is 10.2. The van der Waals surface area contributed by atoms with Crippen LogP contribution in [-0.4, -0.2) is 12.3 Å². The van der Waals surface area contributed by atoms with Crippen molar-refractivity contribution in [2.75, 3.05) is 6.54 Å². The van der Waals surface area contributed by atoms with Gasteiger partial charge in [-0.25, -0.2) is 0 Å². The summed E-state index contributed by atoms with van der Waals surface area (Å²) in [5.41, 5.74) is 1.26. The number of allylic oxidation sites excluding steroid dienone is 1. The number of hydrogen-bond acceptors (Lipinski definition) is 1. The molecule has 0 atom stereocenters. The first-order valence-electron chi connectivity index (χ1n) is 4.42. The van der Waals surface area contributed by atoms with Gasteiger partial charge in [-0.2, -0.15) is 0 Å². The smallest absolute Gasteiger partial charge is 0.0388 e. The number of nitrogens with zero attached hydrogens (tertiary/aromatic N) is 1. The van der Waals surface area contributed by atoms with E-state index in [2.05, 4.69) is 25.4 Å². The lowest BCUT2D eigenvalue weighted by Crippen LogP contribution is -1.92. The van der Waals surface area contributed by atoms with Gasteiger partial charge in [0.15, 0.2) is 0 Å². The summed E-state index contributed by atoms with van der Waals surface area (Å²) in [6, 6.07) is 0. The van der Waals surface area contributed by atoms with Crippen LogP contribution in [0.2, 0.25) is 0 Å². The molecule has 0 saturated carbocycles. The van der Waals surface area contributed by atoms with Crippen LogP contribution < -0.4 is 0 Å². The maximum absolute atomic E-state index is 4.42. The van der Waals surface area contributed by atoms with E-state index in [-0.39, 0.29) is 0 Å². The number of rotatable bonds is 6. The third kappa shape index (κ3) is 7.31. The fourth-order valence-corrected chi connectivity index (χ4v) is 0.818. The summed E-state index contributed by atoms with van der Waals surface area (Å²) in [7, 11) is 0.